The third kappa shape index (κ3) is 8.34. The van der Waals surface area contributed by atoms with Crippen molar-refractivity contribution in [2.45, 2.75) is 11.8 Å². The van der Waals surface area contributed by atoms with Crippen molar-refractivity contribution in [3.63, 3.8) is 0 Å². The number of carbonyl (C=O) groups excluding carboxylic acids is 3. The number of nitrogens with zero attached hydrogens (tertiary/aromatic N) is 1. The maximum Gasteiger partial charge on any atom is 0.272 e. The van der Waals surface area contributed by atoms with Crippen LogP contribution < -0.4 is 16.0 Å². The first-order valence-corrected chi connectivity index (χ1v) is 14.2. The number of rotatable bonds is 9. The van der Waals surface area contributed by atoms with Crippen LogP contribution in [0.3, 0.4) is 0 Å². The number of aryl methyl sites for hydroxylation is 1. The highest BCUT2D eigenvalue weighted by molar-refractivity contribution is 9.10. The molecule has 0 fully saturated rings. The molecule has 7 nitrogen and oxygen atoms in total. The van der Waals surface area contributed by atoms with Gasteiger partial charge in [0.15, 0.2) is 5.13 Å². The predicted molar refractivity (Wildman–Crippen MR) is 157 cm³/mol. The molecule has 198 valence electrons. The number of hydrogen-bond acceptors (Lipinski definition) is 6. The maximum absolute atomic E-state index is 14.2. The molecule has 1 heterocycles. The quantitative estimate of drug-likeness (QED) is 0.146. The number of nitrogens with one attached hydrogen (secondary N) is 3. The molecule has 4 aromatic rings. The normalized spacial score (nSPS) is 11.1. The fourth-order valence-corrected chi connectivity index (χ4v) is 4.93. The molecule has 3 aromatic carbocycles. The minimum absolute atomic E-state index is 0.0573. The van der Waals surface area contributed by atoms with E-state index in [-0.39, 0.29) is 22.9 Å². The first-order valence-electron chi connectivity index (χ1n) is 11.6. The number of aromatic nitrogens is 1. The van der Waals surface area contributed by atoms with E-state index in [1.54, 1.807) is 54.6 Å². The van der Waals surface area contributed by atoms with Crippen LogP contribution in [0.4, 0.5) is 15.2 Å². The second-order valence-electron chi connectivity index (χ2n) is 8.15. The van der Waals surface area contributed by atoms with Crippen LogP contribution in [0.1, 0.15) is 21.6 Å². The van der Waals surface area contributed by atoms with Crippen LogP contribution >= 0.6 is 39.0 Å². The van der Waals surface area contributed by atoms with Gasteiger partial charge in [-0.15, -0.1) is 23.1 Å². The summed E-state index contributed by atoms with van der Waals surface area (Å²) in [5, 5.41) is 10.5. The van der Waals surface area contributed by atoms with E-state index < -0.39 is 17.6 Å². The molecular formula is C28H22BrFN4O3S2. The number of amides is 3. The van der Waals surface area contributed by atoms with Gasteiger partial charge in [0.25, 0.3) is 11.8 Å². The molecule has 0 atom stereocenters. The Hall–Kier alpha value is -3.80. The molecule has 0 bridgehead atoms. The molecule has 3 N–H and O–H groups in total. The second-order valence-corrected chi connectivity index (χ2v) is 11.0. The van der Waals surface area contributed by atoms with Gasteiger partial charge >= 0.3 is 0 Å². The minimum Gasteiger partial charge on any atom is -0.321 e. The van der Waals surface area contributed by atoms with Crippen molar-refractivity contribution in [1.29, 1.82) is 0 Å². The Balaban J connectivity index is 1.42. The molecule has 0 aliphatic rings. The summed E-state index contributed by atoms with van der Waals surface area (Å²) in [4.78, 5) is 43.1. The van der Waals surface area contributed by atoms with Crippen molar-refractivity contribution in [2.75, 3.05) is 16.4 Å². The van der Waals surface area contributed by atoms with Crippen molar-refractivity contribution < 1.29 is 18.8 Å². The number of thioether (sulfide) groups is 1. The lowest BCUT2D eigenvalue weighted by Crippen LogP contribution is -2.31. The molecule has 3 amide bonds. The highest BCUT2D eigenvalue weighted by Crippen LogP contribution is 2.22. The van der Waals surface area contributed by atoms with Gasteiger partial charge in [0.05, 0.1) is 17.0 Å². The van der Waals surface area contributed by atoms with Gasteiger partial charge in [-0.2, -0.15) is 0 Å². The van der Waals surface area contributed by atoms with Crippen molar-refractivity contribution in [2.24, 2.45) is 0 Å². The Kier molecular flexibility index (Phi) is 9.64. The van der Waals surface area contributed by atoms with Crippen molar-refractivity contribution in [1.82, 2.24) is 10.3 Å². The largest absolute Gasteiger partial charge is 0.321 e. The summed E-state index contributed by atoms with van der Waals surface area (Å²) in [5.74, 6) is -1.99. The summed E-state index contributed by atoms with van der Waals surface area (Å²) in [5.41, 5.74) is 1.76. The van der Waals surface area contributed by atoms with Crippen molar-refractivity contribution in [3.8, 4) is 0 Å². The Morgan fingerprint density at radius 3 is 2.38 bits per heavy atom. The lowest BCUT2D eigenvalue weighted by molar-refractivity contribution is -0.114. The van der Waals surface area contributed by atoms with E-state index in [1.807, 2.05) is 12.3 Å². The Morgan fingerprint density at radius 2 is 1.72 bits per heavy atom. The number of thiazole rings is 1. The smallest absolute Gasteiger partial charge is 0.272 e. The summed E-state index contributed by atoms with van der Waals surface area (Å²) >= 11 is 6.08. The molecule has 11 heteroatoms. The average Bonchev–Trinajstić information content (AvgIpc) is 3.33. The van der Waals surface area contributed by atoms with Gasteiger partial charge in [-0.05, 0) is 67.1 Å². The molecule has 39 heavy (non-hydrogen) atoms. The van der Waals surface area contributed by atoms with Crippen LogP contribution in [-0.4, -0.2) is 28.5 Å². The zero-order valence-corrected chi connectivity index (χ0v) is 23.8. The maximum atomic E-state index is 14.2. The van der Waals surface area contributed by atoms with Gasteiger partial charge in [-0.25, -0.2) is 9.37 Å². The third-order valence-electron chi connectivity index (χ3n) is 5.14. The highest BCUT2D eigenvalue weighted by Gasteiger charge is 2.17. The highest BCUT2D eigenvalue weighted by atomic mass is 79.9. The lowest BCUT2D eigenvalue weighted by Gasteiger charge is -2.12. The summed E-state index contributed by atoms with van der Waals surface area (Å²) in [6, 6.07) is 19.6. The summed E-state index contributed by atoms with van der Waals surface area (Å²) < 4.78 is 15.0. The lowest BCUT2D eigenvalue weighted by atomic mass is 10.1. The zero-order chi connectivity index (χ0) is 27.8. The Bertz CT molecular complexity index is 1520. The van der Waals surface area contributed by atoms with Gasteiger partial charge in [-0.3, -0.25) is 14.4 Å². The molecule has 0 unspecified atom stereocenters. The van der Waals surface area contributed by atoms with Crippen LogP contribution in [0.15, 0.2) is 93.2 Å². The van der Waals surface area contributed by atoms with E-state index in [2.05, 4.69) is 36.9 Å². The fraction of sp³-hybridized carbons (Fsp3) is 0.0714. The molecule has 0 saturated carbocycles. The standard InChI is InChI=1S/C28H22BrFN4O3S2/c1-17-15-39-28(31-17)34-25(35)16-38-21-12-10-20(11-13-21)32-27(37)24(14-18-6-8-19(29)9-7-18)33-26(36)22-4-2-3-5-23(22)30/h2-15H,16H2,1H3,(H,32,37)(H,33,36)(H,31,34,35)/b24-14-. The van der Waals surface area contributed by atoms with Gasteiger partial charge in [-0.1, -0.05) is 40.2 Å². The molecule has 4 rings (SSSR count). The number of hydrogen-bond donors (Lipinski definition) is 3. The Morgan fingerprint density at radius 1 is 1.00 bits per heavy atom. The molecule has 0 aliphatic heterocycles. The first-order chi connectivity index (χ1) is 18.8. The van der Waals surface area contributed by atoms with Crippen LogP contribution in [0.2, 0.25) is 0 Å². The van der Waals surface area contributed by atoms with Crippen LogP contribution in [0.5, 0.6) is 0 Å². The van der Waals surface area contributed by atoms with Gasteiger partial charge in [0.1, 0.15) is 11.5 Å². The molecular weight excluding hydrogens is 603 g/mol. The number of halogens is 2. The molecule has 0 spiro atoms. The van der Waals surface area contributed by atoms with Crippen molar-refractivity contribution in [3.05, 3.63) is 111 Å². The third-order valence-corrected chi connectivity index (χ3v) is 7.56. The zero-order valence-electron chi connectivity index (χ0n) is 20.5. The summed E-state index contributed by atoms with van der Waals surface area (Å²) in [7, 11) is 0. The second kappa shape index (κ2) is 13.3. The summed E-state index contributed by atoms with van der Waals surface area (Å²) in [6.07, 6.45) is 1.51. The van der Waals surface area contributed by atoms with Crippen LogP contribution in [0, 0.1) is 12.7 Å². The van der Waals surface area contributed by atoms with E-state index in [0.717, 1.165) is 15.1 Å². The number of benzene rings is 3. The molecule has 0 saturated heterocycles. The molecule has 0 aliphatic carbocycles. The van der Waals surface area contributed by atoms with E-state index in [9.17, 15) is 18.8 Å². The fourth-order valence-electron chi connectivity index (χ4n) is 3.27. The van der Waals surface area contributed by atoms with Crippen molar-refractivity contribution >= 4 is 73.6 Å². The number of carbonyl (C=O) groups is 3. The minimum atomic E-state index is -0.746. The predicted octanol–water partition coefficient (Wildman–Crippen LogP) is 6.49. The number of anilines is 2. The topological polar surface area (TPSA) is 100 Å². The monoisotopic (exact) mass is 624 g/mol. The van der Waals surface area contributed by atoms with Gasteiger partial charge in [0, 0.05) is 20.4 Å². The van der Waals surface area contributed by atoms with Crippen LogP contribution in [-0.2, 0) is 9.59 Å². The van der Waals surface area contributed by atoms with Gasteiger partial charge in [0.2, 0.25) is 5.91 Å². The average molecular weight is 626 g/mol. The van der Waals surface area contributed by atoms with E-state index in [1.165, 1.54) is 47.4 Å². The van der Waals surface area contributed by atoms with E-state index in [4.69, 9.17) is 0 Å². The SMILES string of the molecule is Cc1csc(NC(=O)CSc2ccc(NC(=O)/C(=C/c3ccc(Br)cc3)NC(=O)c3ccccc3F)cc2)n1. The van der Waals surface area contributed by atoms with E-state index in [0.29, 0.717) is 16.4 Å². The van der Waals surface area contributed by atoms with Crippen LogP contribution in [0.25, 0.3) is 6.08 Å². The van der Waals surface area contributed by atoms with E-state index >= 15 is 0 Å². The summed E-state index contributed by atoms with van der Waals surface area (Å²) in [6.45, 7) is 1.86. The first kappa shape index (κ1) is 28.2. The molecule has 1 aromatic heterocycles. The van der Waals surface area contributed by atoms with Gasteiger partial charge < -0.3 is 16.0 Å². The molecule has 0 radical (unpaired) electrons. The Labute approximate surface area is 241 Å².